The Labute approximate surface area is 424 Å². The van der Waals surface area contributed by atoms with E-state index in [1.807, 2.05) is 24.4 Å². The predicted octanol–water partition coefficient (Wildman–Crippen LogP) is 12.5. The van der Waals surface area contributed by atoms with Crippen LogP contribution in [-0.2, 0) is 26.5 Å². The first-order valence-electron chi connectivity index (χ1n) is 23.6. The quantitative estimate of drug-likeness (QED) is 0.0865. The standard InChI is InChI=1S/C62H48BN5O.Pt/c1-42-19-16-20-43(2)59(42)63-61-57(39-48-25-14-15-36-67(48)63)66(60-51(44-21-8-6-9-22-44)29-18-30-52(60)45-23-10-7-11-24-45)41-65(61)47-26-17-27-49(38-47)69-50-32-33-54-53-28-12-13-31-55(53)68(56(54)40-50)58-37-46(34-35-64-58)62(3,4)5;/h6-37,39H,1-5H3;/q-2;. The minimum Gasteiger partial charge on any atom is -0.510 e. The third-order valence-electron chi connectivity index (χ3n) is 13.5. The van der Waals surface area contributed by atoms with Crippen LogP contribution in [0.3, 0.4) is 0 Å². The van der Waals surface area contributed by atoms with Gasteiger partial charge in [0.25, 0.3) is 6.33 Å². The van der Waals surface area contributed by atoms with Gasteiger partial charge < -0.3 is 18.7 Å². The third kappa shape index (κ3) is 7.75. The topological polar surface area (TPSA) is 39.1 Å². The number of fused-ring (bicyclic) bond motifs is 5. The third-order valence-corrected chi connectivity index (χ3v) is 13.5. The number of rotatable bonds is 8. The first-order valence-corrected chi connectivity index (χ1v) is 23.6. The maximum Gasteiger partial charge on any atom is 0.325 e. The molecule has 0 unspecified atom stereocenters. The molecule has 0 fully saturated rings. The average Bonchev–Trinajstić information content (AvgIpc) is 3.92. The Morgan fingerprint density at radius 3 is 2.06 bits per heavy atom. The van der Waals surface area contributed by atoms with Crippen LogP contribution in [0.5, 0.6) is 11.5 Å². The molecule has 6 nitrogen and oxygen atoms in total. The number of hydrogen-bond donors (Lipinski definition) is 0. The minimum atomic E-state index is -0.204. The smallest absolute Gasteiger partial charge is 0.325 e. The van der Waals surface area contributed by atoms with Crippen molar-refractivity contribution in [3.63, 3.8) is 0 Å². The van der Waals surface area contributed by atoms with Crippen molar-refractivity contribution in [2.24, 2.45) is 0 Å². The van der Waals surface area contributed by atoms with Crippen LogP contribution in [0, 0.1) is 32.3 Å². The zero-order valence-corrected chi connectivity index (χ0v) is 41.9. The molecule has 8 heteroatoms. The van der Waals surface area contributed by atoms with E-state index in [0.717, 1.165) is 78.2 Å². The Kier molecular flexibility index (Phi) is 11.5. The van der Waals surface area contributed by atoms with Gasteiger partial charge in [0, 0.05) is 50.0 Å². The zero-order valence-electron chi connectivity index (χ0n) is 39.6. The van der Waals surface area contributed by atoms with Gasteiger partial charge in [-0.05, 0) is 101 Å². The fourth-order valence-electron chi connectivity index (χ4n) is 10.2. The molecule has 0 amide bonds. The van der Waals surface area contributed by atoms with E-state index < -0.39 is 0 Å². The summed E-state index contributed by atoms with van der Waals surface area (Å²) < 4.78 is 13.5. The maximum atomic E-state index is 6.82. The van der Waals surface area contributed by atoms with E-state index in [-0.39, 0.29) is 33.3 Å². The van der Waals surface area contributed by atoms with Crippen molar-refractivity contribution in [1.82, 2.24) is 18.9 Å². The Balaban J connectivity index is 0.00000533. The zero-order chi connectivity index (χ0) is 46.8. The first kappa shape index (κ1) is 44.8. The van der Waals surface area contributed by atoms with Crippen molar-refractivity contribution < 1.29 is 30.4 Å². The van der Waals surface area contributed by atoms with Gasteiger partial charge in [-0.3, -0.25) is 4.57 Å². The van der Waals surface area contributed by atoms with Gasteiger partial charge in [0.2, 0.25) is 0 Å². The minimum absolute atomic E-state index is 0. The Morgan fingerprint density at radius 2 is 1.33 bits per heavy atom. The molecular formula is C62H48BN5OPt-2. The molecule has 2 aliphatic rings. The molecule has 342 valence electrons. The van der Waals surface area contributed by atoms with Crippen molar-refractivity contribution in [2.75, 3.05) is 0 Å². The molecule has 12 rings (SSSR count). The molecule has 70 heavy (non-hydrogen) atoms. The summed E-state index contributed by atoms with van der Waals surface area (Å²) in [5, 5.41) is 2.21. The van der Waals surface area contributed by atoms with Crippen LogP contribution < -0.4 is 20.4 Å². The Bertz CT molecular complexity index is 3650. The summed E-state index contributed by atoms with van der Waals surface area (Å²) in [6.07, 6.45) is 16.8. The van der Waals surface area contributed by atoms with Crippen molar-refractivity contribution in [3.8, 4) is 50.9 Å². The summed E-state index contributed by atoms with van der Waals surface area (Å²) in [7, 11) is 0. The number of imidazole rings is 1. The molecule has 7 aromatic carbocycles. The number of ether oxygens (including phenoxy) is 1. The molecular weight excluding hydrogens is 1040 g/mol. The molecule has 3 aromatic heterocycles. The fourth-order valence-corrected chi connectivity index (χ4v) is 10.2. The summed E-state index contributed by atoms with van der Waals surface area (Å²) >= 11 is 0. The van der Waals surface area contributed by atoms with Crippen LogP contribution in [0.1, 0.15) is 43.2 Å². The van der Waals surface area contributed by atoms with E-state index in [2.05, 4.69) is 248 Å². The fraction of sp³-hybridized carbons (Fsp3) is 0.0968. The van der Waals surface area contributed by atoms with Crippen molar-refractivity contribution in [3.05, 3.63) is 241 Å². The van der Waals surface area contributed by atoms with Gasteiger partial charge >= 0.3 is 6.85 Å². The SMILES string of the molecule is Cc1cccc(C)c1B1c2c([n+](-c3c(-c4ccccc4)cccc3-c3ccccc3)[c-]n2-c2[c-]c(Oc3[c-]c4c(cc3)c3ccccc3n4-c3cc(C(C)(C)C)ccn3)ccc2)C=C2C=CC=CN12.[Pt]. The number of allylic oxidation sites excluding steroid dienone is 3. The molecule has 0 atom stereocenters. The van der Waals surface area contributed by atoms with Gasteiger partial charge in [0.15, 0.2) is 0 Å². The van der Waals surface area contributed by atoms with E-state index in [1.165, 1.54) is 22.2 Å². The molecule has 0 N–H and O–H groups in total. The van der Waals surface area contributed by atoms with E-state index in [4.69, 9.17) is 9.72 Å². The summed E-state index contributed by atoms with van der Waals surface area (Å²) in [4.78, 5) is 7.29. The second-order valence-corrected chi connectivity index (χ2v) is 19.0. The van der Waals surface area contributed by atoms with Crippen LogP contribution in [0.25, 0.3) is 67.3 Å². The largest absolute Gasteiger partial charge is 0.510 e. The van der Waals surface area contributed by atoms with Crippen LogP contribution in [0.15, 0.2) is 200 Å². The van der Waals surface area contributed by atoms with E-state index in [9.17, 15) is 0 Å². The van der Waals surface area contributed by atoms with Crippen molar-refractivity contribution in [1.29, 1.82) is 0 Å². The second kappa shape index (κ2) is 18.0. The predicted molar refractivity (Wildman–Crippen MR) is 281 cm³/mol. The van der Waals surface area contributed by atoms with Crippen LogP contribution in [0.2, 0.25) is 0 Å². The second-order valence-electron chi connectivity index (χ2n) is 19.0. The molecule has 0 bridgehead atoms. The number of benzene rings is 7. The number of nitrogens with zero attached hydrogens (tertiary/aromatic N) is 5. The molecule has 0 saturated heterocycles. The van der Waals surface area contributed by atoms with Crippen molar-refractivity contribution >= 4 is 45.8 Å². The Hall–Kier alpha value is -7.73. The summed E-state index contributed by atoms with van der Waals surface area (Å²) in [6.45, 7) is 10.9. The van der Waals surface area contributed by atoms with Gasteiger partial charge in [-0.25, -0.2) is 4.98 Å². The van der Waals surface area contributed by atoms with Gasteiger partial charge in [0.05, 0.1) is 17.0 Å². The van der Waals surface area contributed by atoms with Crippen molar-refractivity contribution in [2.45, 2.75) is 40.0 Å². The molecule has 5 heterocycles. The number of hydrogen-bond acceptors (Lipinski definition) is 3. The van der Waals surface area contributed by atoms with Crippen LogP contribution in [0.4, 0.5) is 0 Å². The number of aromatic nitrogens is 4. The van der Waals surface area contributed by atoms with E-state index in [1.54, 1.807) is 0 Å². The van der Waals surface area contributed by atoms with Gasteiger partial charge in [-0.15, -0.1) is 29.7 Å². The first-order chi connectivity index (χ1) is 33.7. The summed E-state index contributed by atoms with van der Waals surface area (Å²) in [5.74, 6) is 1.99. The Morgan fingerprint density at radius 1 is 0.657 bits per heavy atom. The molecule has 10 aromatic rings. The number of pyridine rings is 1. The summed E-state index contributed by atoms with van der Waals surface area (Å²) in [5.41, 5.74) is 16.3. The number of para-hydroxylation sites is 2. The molecule has 0 spiro atoms. The monoisotopic (exact) mass is 1080 g/mol. The molecule has 0 radical (unpaired) electrons. The number of aryl methyl sites for hydroxylation is 2. The molecule has 2 aliphatic heterocycles. The molecule has 0 aliphatic carbocycles. The van der Waals surface area contributed by atoms with Gasteiger partial charge in [0.1, 0.15) is 5.82 Å². The van der Waals surface area contributed by atoms with Crippen LogP contribution >= 0.6 is 0 Å². The average molecular weight is 1080 g/mol. The summed E-state index contributed by atoms with van der Waals surface area (Å²) in [6, 6.07) is 64.9. The normalized spacial score (nSPS) is 13.0. The van der Waals surface area contributed by atoms with Gasteiger partial charge in [-0.2, -0.15) is 18.2 Å². The van der Waals surface area contributed by atoms with Crippen LogP contribution in [-0.4, -0.2) is 25.8 Å². The van der Waals surface area contributed by atoms with E-state index >= 15 is 0 Å². The molecule has 0 saturated carbocycles. The van der Waals surface area contributed by atoms with E-state index in [0.29, 0.717) is 11.5 Å². The van der Waals surface area contributed by atoms with Gasteiger partial charge in [-0.1, -0.05) is 164 Å². The maximum absolute atomic E-state index is 6.82.